The molecule has 0 unspecified atom stereocenters. The topological polar surface area (TPSA) is 64.3 Å². The maximum atomic E-state index is 11.8. The number of nitrogens with two attached hydrogens (primary N) is 1. The van der Waals surface area contributed by atoms with Crippen LogP contribution in [0.2, 0.25) is 5.02 Å². The Morgan fingerprint density at radius 3 is 2.71 bits per heavy atom. The van der Waals surface area contributed by atoms with Crippen molar-refractivity contribution in [2.45, 2.75) is 25.3 Å². The van der Waals surface area contributed by atoms with Gasteiger partial charge in [0.05, 0.1) is 18.3 Å². The summed E-state index contributed by atoms with van der Waals surface area (Å²) >= 11 is 5.99. The molecule has 4 nitrogen and oxygen atoms in total. The molecule has 1 saturated carbocycles. The monoisotopic (exact) mass is 254 g/mol. The molecule has 2 rings (SSSR count). The average Bonchev–Trinajstić information content (AvgIpc) is 3.03. The van der Waals surface area contributed by atoms with Gasteiger partial charge in [-0.05, 0) is 31.4 Å². The lowest BCUT2D eigenvalue weighted by molar-refractivity contribution is -0.118. The van der Waals surface area contributed by atoms with E-state index in [0.717, 1.165) is 18.4 Å². The molecule has 5 heteroatoms. The summed E-state index contributed by atoms with van der Waals surface area (Å²) in [6.07, 6.45) is 1.46. The van der Waals surface area contributed by atoms with Crippen molar-refractivity contribution in [2.24, 2.45) is 5.73 Å². The number of halogens is 1. The molecule has 0 radical (unpaired) electrons. The van der Waals surface area contributed by atoms with Gasteiger partial charge >= 0.3 is 0 Å². The Balaban J connectivity index is 2.25. The van der Waals surface area contributed by atoms with E-state index in [4.69, 9.17) is 22.1 Å². The molecule has 1 amide bonds. The number of carbonyl (C=O) groups excluding carboxylic acids is 1. The Hall–Kier alpha value is -1.26. The predicted molar refractivity (Wildman–Crippen MR) is 67.5 cm³/mol. The number of nitrogens with one attached hydrogen (secondary N) is 1. The summed E-state index contributed by atoms with van der Waals surface area (Å²) in [5.74, 6) is 0.371. The normalized spacial score (nSPS) is 16.5. The van der Waals surface area contributed by atoms with E-state index >= 15 is 0 Å². The van der Waals surface area contributed by atoms with Gasteiger partial charge in [0.15, 0.2) is 0 Å². The SMILES string of the molecule is COc1cc(Cl)c(C)cc1NC(=O)C1(N)CC1. The van der Waals surface area contributed by atoms with Crippen molar-refractivity contribution in [3.05, 3.63) is 22.7 Å². The minimum Gasteiger partial charge on any atom is -0.495 e. The highest BCUT2D eigenvalue weighted by Crippen LogP contribution is 2.36. The van der Waals surface area contributed by atoms with Crippen LogP contribution in [0.5, 0.6) is 5.75 Å². The number of hydrogen-bond acceptors (Lipinski definition) is 3. The van der Waals surface area contributed by atoms with Crippen molar-refractivity contribution in [2.75, 3.05) is 12.4 Å². The Morgan fingerprint density at radius 1 is 1.53 bits per heavy atom. The summed E-state index contributed by atoms with van der Waals surface area (Å²) in [5.41, 5.74) is 6.61. The van der Waals surface area contributed by atoms with Crippen LogP contribution in [-0.4, -0.2) is 18.6 Å². The van der Waals surface area contributed by atoms with Gasteiger partial charge in [-0.1, -0.05) is 11.6 Å². The molecule has 0 aromatic heterocycles. The van der Waals surface area contributed by atoms with Gasteiger partial charge < -0.3 is 15.8 Å². The van der Waals surface area contributed by atoms with Crippen molar-refractivity contribution in [1.82, 2.24) is 0 Å². The number of amides is 1. The van der Waals surface area contributed by atoms with Gasteiger partial charge in [0.2, 0.25) is 5.91 Å². The molecule has 1 aliphatic carbocycles. The molecule has 1 aromatic rings. The summed E-state index contributed by atoms with van der Waals surface area (Å²) in [6, 6.07) is 3.47. The summed E-state index contributed by atoms with van der Waals surface area (Å²) in [7, 11) is 1.53. The Morgan fingerprint density at radius 2 is 2.18 bits per heavy atom. The van der Waals surface area contributed by atoms with Gasteiger partial charge in [0.1, 0.15) is 5.75 Å². The Kier molecular flexibility index (Phi) is 3.02. The summed E-state index contributed by atoms with van der Waals surface area (Å²) in [4.78, 5) is 11.8. The largest absolute Gasteiger partial charge is 0.495 e. The predicted octanol–water partition coefficient (Wildman–Crippen LogP) is 2.09. The van der Waals surface area contributed by atoms with Gasteiger partial charge in [-0.25, -0.2) is 0 Å². The van der Waals surface area contributed by atoms with Crippen molar-refractivity contribution >= 4 is 23.2 Å². The zero-order valence-electron chi connectivity index (χ0n) is 9.84. The van der Waals surface area contributed by atoms with Crippen LogP contribution in [0.15, 0.2) is 12.1 Å². The number of rotatable bonds is 3. The molecule has 17 heavy (non-hydrogen) atoms. The molecule has 0 bridgehead atoms. The van der Waals surface area contributed by atoms with Gasteiger partial charge in [0.25, 0.3) is 0 Å². The molecule has 0 atom stereocenters. The number of ether oxygens (including phenoxy) is 1. The Bertz CT molecular complexity index is 470. The molecule has 0 spiro atoms. The number of aryl methyl sites for hydroxylation is 1. The summed E-state index contributed by atoms with van der Waals surface area (Å²) in [6.45, 7) is 1.87. The highest BCUT2D eigenvalue weighted by Gasteiger charge is 2.46. The second-order valence-corrected chi connectivity index (χ2v) is 4.82. The molecule has 0 aliphatic heterocycles. The molecule has 1 aliphatic rings. The molecule has 3 N–H and O–H groups in total. The van der Waals surface area contributed by atoms with Gasteiger partial charge in [-0.15, -0.1) is 0 Å². The van der Waals surface area contributed by atoms with Crippen LogP contribution in [-0.2, 0) is 4.79 Å². The van der Waals surface area contributed by atoms with E-state index in [1.54, 1.807) is 12.1 Å². The van der Waals surface area contributed by atoms with Crippen molar-refractivity contribution < 1.29 is 9.53 Å². The summed E-state index contributed by atoms with van der Waals surface area (Å²) in [5, 5.41) is 3.39. The maximum absolute atomic E-state index is 11.8. The van der Waals surface area contributed by atoms with Crippen molar-refractivity contribution in [1.29, 1.82) is 0 Å². The van der Waals surface area contributed by atoms with E-state index in [9.17, 15) is 4.79 Å². The second-order valence-electron chi connectivity index (χ2n) is 4.41. The van der Waals surface area contributed by atoms with E-state index in [1.165, 1.54) is 7.11 Å². The fraction of sp³-hybridized carbons (Fsp3) is 0.417. The lowest BCUT2D eigenvalue weighted by Gasteiger charge is -2.14. The molecule has 1 aromatic carbocycles. The number of carbonyl (C=O) groups is 1. The Labute approximate surface area is 105 Å². The second kappa shape index (κ2) is 4.20. The van der Waals surface area contributed by atoms with Gasteiger partial charge in [0, 0.05) is 11.1 Å². The first kappa shape index (κ1) is 12.2. The fourth-order valence-corrected chi connectivity index (χ4v) is 1.69. The standard InChI is InChI=1S/C12H15ClN2O2/c1-7-5-9(10(17-2)6-8(7)13)15-11(16)12(14)3-4-12/h5-6H,3-4,14H2,1-2H3,(H,15,16). The molecular weight excluding hydrogens is 240 g/mol. The molecule has 0 saturated heterocycles. The highest BCUT2D eigenvalue weighted by molar-refractivity contribution is 6.31. The van der Waals surface area contributed by atoms with Crippen LogP contribution in [0, 0.1) is 6.92 Å². The highest BCUT2D eigenvalue weighted by atomic mass is 35.5. The van der Waals surface area contributed by atoms with E-state index in [1.807, 2.05) is 6.92 Å². The van der Waals surface area contributed by atoms with Gasteiger partial charge in [-0.3, -0.25) is 4.79 Å². The molecule has 0 heterocycles. The van der Waals surface area contributed by atoms with Crippen LogP contribution in [0.25, 0.3) is 0 Å². The first-order valence-electron chi connectivity index (χ1n) is 5.41. The smallest absolute Gasteiger partial charge is 0.244 e. The zero-order valence-corrected chi connectivity index (χ0v) is 10.6. The van der Waals surface area contributed by atoms with E-state index < -0.39 is 5.54 Å². The van der Waals surface area contributed by atoms with Crippen LogP contribution in [0.1, 0.15) is 18.4 Å². The van der Waals surface area contributed by atoms with E-state index in [2.05, 4.69) is 5.32 Å². The maximum Gasteiger partial charge on any atom is 0.244 e. The number of anilines is 1. The fourth-order valence-electron chi connectivity index (χ4n) is 1.54. The quantitative estimate of drug-likeness (QED) is 0.868. The minimum atomic E-state index is -0.696. The number of benzene rings is 1. The zero-order chi connectivity index (χ0) is 12.6. The van der Waals surface area contributed by atoms with Crippen molar-refractivity contribution in [3.8, 4) is 5.75 Å². The van der Waals surface area contributed by atoms with Crippen LogP contribution < -0.4 is 15.8 Å². The average molecular weight is 255 g/mol. The van der Waals surface area contributed by atoms with E-state index in [0.29, 0.717) is 16.5 Å². The first-order valence-corrected chi connectivity index (χ1v) is 5.78. The first-order chi connectivity index (χ1) is 7.96. The van der Waals surface area contributed by atoms with Crippen molar-refractivity contribution in [3.63, 3.8) is 0 Å². The third-order valence-corrected chi connectivity index (χ3v) is 3.38. The summed E-state index contributed by atoms with van der Waals surface area (Å²) < 4.78 is 5.18. The van der Waals surface area contributed by atoms with Crippen LogP contribution in [0.3, 0.4) is 0 Å². The van der Waals surface area contributed by atoms with Crippen LogP contribution in [0.4, 0.5) is 5.69 Å². The molecule has 92 valence electrons. The third kappa shape index (κ3) is 2.37. The molecular formula is C12H15ClN2O2. The minimum absolute atomic E-state index is 0.169. The lowest BCUT2D eigenvalue weighted by Crippen LogP contribution is -2.37. The number of hydrogen-bond donors (Lipinski definition) is 2. The lowest BCUT2D eigenvalue weighted by atomic mass is 10.2. The van der Waals surface area contributed by atoms with E-state index in [-0.39, 0.29) is 5.91 Å². The molecule has 1 fully saturated rings. The third-order valence-electron chi connectivity index (χ3n) is 2.97. The van der Waals surface area contributed by atoms with Crippen LogP contribution >= 0.6 is 11.6 Å². The van der Waals surface area contributed by atoms with Gasteiger partial charge in [-0.2, -0.15) is 0 Å². The number of methoxy groups -OCH3 is 1.